The molecule has 144 valence electrons. The molecule has 26 heavy (non-hydrogen) atoms. The molecule has 1 atom stereocenters. The maximum absolute atomic E-state index is 13.3. The topological polar surface area (TPSA) is 37.4 Å². The van der Waals surface area contributed by atoms with Crippen molar-refractivity contribution >= 4 is 10.0 Å². The van der Waals surface area contributed by atoms with Crippen LogP contribution in [0.15, 0.2) is 52.5 Å². The molecule has 0 saturated heterocycles. The molecular formula is C22H33NO2S. The molecule has 1 aromatic rings. The van der Waals surface area contributed by atoms with Gasteiger partial charge in [-0.1, -0.05) is 68.0 Å². The highest BCUT2D eigenvalue weighted by molar-refractivity contribution is 7.89. The van der Waals surface area contributed by atoms with Crippen LogP contribution in [0.4, 0.5) is 0 Å². The first-order valence-corrected chi connectivity index (χ1v) is 11.1. The van der Waals surface area contributed by atoms with E-state index >= 15 is 0 Å². The van der Waals surface area contributed by atoms with E-state index in [2.05, 4.69) is 20.4 Å². The Balaban J connectivity index is 2.29. The molecule has 0 fully saturated rings. The summed E-state index contributed by atoms with van der Waals surface area (Å²) in [5, 5.41) is 0. The van der Waals surface area contributed by atoms with Crippen molar-refractivity contribution in [1.82, 2.24) is 4.31 Å². The molecule has 3 nitrogen and oxygen atoms in total. The lowest BCUT2D eigenvalue weighted by atomic mass is 9.95. The van der Waals surface area contributed by atoms with Gasteiger partial charge in [0.05, 0.1) is 4.90 Å². The largest absolute Gasteiger partial charge is 0.243 e. The Morgan fingerprint density at radius 2 is 1.81 bits per heavy atom. The number of nitrogens with zero attached hydrogens (tertiary/aromatic N) is 1. The summed E-state index contributed by atoms with van der Waals surface area (Å²) in [5.41, 5.74) is 4.60. The fraction of sp³-hybridized carbons (Fsp3) is 0.545. The highest BCUT2D eigenvalue weighted by atomic mass is 32.2. The SMILES string of the molecule is C=C(C)CC1=C(C)CN(S(=O)(=O)c2ccc(C)cc2)C1CCCCCC. The Bertz CT molecular complexity index is 760. The van der Waals surface area contributed by atoms with Gasteiger partial charge in [0.1, 0.15) is 0 Å². The van der Waals surface area contributed by atoms with E-state index in [1.807, 2.05) is 26.0 Å². The predicted octanol–water partition coefficient (Wildman–Crippen LogP) is 5.62. The summed E-state index contributed by atoms with van der Waals surface area (Å²) in [4.78, 5) is 0.394. The van der Waals surface area contributed by atoms with Crippen LogP contribution in [0, 0.1) is 6.92 Å². The van der Waals surface area contributed by atoms with Crippen LogP contribution >= 0.6 is 0 Å². The Morgan fingerprint density at radius 3 is 2.38 bits per heavy atom. The second kappa shape index (κ2) is 9.01. The first-order chi connectivity index (χ1) is 12.3. The minimum absolute atomic E-state index is 0.0325. The predicted molar refractivity (Wildman–Crippen MR) is 110 cm³/mol. The number of unbranched alkanes of at least 4 members (excludes halogenated alkanes) is 3. The van der Waals surface area contributed by atoms with Gasteiger partial charge in [-0.05, 0) is 51.3 Å². The van der Waals surface area contributed by atoms with E-state index in [4.69, 9.17) is 0 Å². The highest BCUT2D eigenvalue weighted by Gasteiger charge is 2.38. The van der Waals surface area contributed by atoms with Gasteiger partial charge in [0.15, 0.2) is 0 Å². The number of hydrogen-bond donors (Lipinski definition) is 0. The first-order valence-electron chi connectivity index (χ1n) is 9.68. The Hall–Kier alpha value is -1.39. The van der Waals surface area contributed by atoms with Crippen LogP contribution in [-0.2, 0) is 10.0 Å². The smallest absolute Gasteiger partial charge is 0.207 e. The molecule has 0 spiro atoms. The van der Waals surface area contributed by atoms with Crippen molar-refractivity contribution in [2.75, 3.05) is 6.54 Å². The molecule has 0 aliphatic carbocycles. The number of sulfonamides is 1. The van der Waals surface area contributed by atoms with E-state index < -0.39 is 10.0 Å². The van der Waals surface area contributed by atoms with E-state index in [1.165, 1.54) is 24.0 Å². The molecule has 0 saturated carbocycles. The third-order valence-electron chi connectivity index (χ3n) is 5.14. The quantitative estimate of drug-likeness (QED) is 0.415. The molecule has 2 rings (SSSR count). The Morgan fingerprint density at radius 1 is 1.15 bits per heavy atom. The molecule has 0 amide bonds. The van der Waals surface area contributed by atoms with Gasteiger partial charge >= 0.3 is 0 Å². The van der Waals surface area contributed by atoms with Crippen molar-refractivity contribution in [2.24, 2.45) is 0 Å². The number of rotatable bonds is 9. The summed E-state index contributed by atoms with van der Waals surface area (Å²) >= 11 is 0. The van der Waals surface area contributed by atoms with Gasteiger partial charge in [-0.3, -0.25) is 0 Å². The van der Waals surface area contributed by atoms with Gasteiger partial charge in [0.2, 0.25) is 10.0 Å². The number of hydrogen-bond acceptors (Lipinski definition) is 2. The molecule has 0 radical (unpaired) electrons. The van der Waals surface area contributed by atoms with Gasteiger partial charge in [0, 0.05) is 12.6 Å². The summed E-state index contributed by atoms with van der Waals surface area (Å²) in [6.45, 7) is 12.8. The average molecular weight is 376 g/mol. The van der Waals surface area contributed by atoms with Gasteiger partial charge in [0.25, 0.3) is 0 Å². The third-order valence-corrected chi connectivity index (χ3v) is 7.01. The second-order valence-corrected chi connectivity index (χ2v) is 9.56. The van der Waals surface area contributed by atoms with Crippen molar-refractivity contribution < 1.29 is 8.42 Å². The lowest BCUT2D eigenvalue weighted by molar-refractivity contribution is 0.370. The van der Waals surface area contributed by atoms with Crippen LogP contribution in [0.3, 0.4) is 0 Å². The maximum Gasteiger partial charge on any atom is 0.243 e. The monoisotopic (exact) mass is 375 g/mol. The van der Waals surface area contributed by atoms with E-state index in [9.17, 15) is 8.42 Å². The summed E-state index contributed by atoms with van der Waals surface area (Å²) in [6, 6.07) is 7.16. The zero-order valence-electron chi connectivity index (χ0n) is 16.7. The van der Waals surface area contributed by atoms with Crippen LogP contribution in [0.5, 0.6) is 0 Å². The van der Waals surface area contributed by atoms with Gasteiger partial charge in [-0.2, -0.15) is 4.31 Å². The average Bonchev–Trinajstić information content (AvgIpc) is 2.88. The fourth-order valence-corrected chi connectivity index (χ4v) is 5.36. The zero-order valence-corrected chi connectivity index (χ0v) is 17.5. The molecular weight excluding hydrogens is 342 g/mol. The molecule has 4 heteroatoms. The Kier molecular flexibility index (Phi) is 7.24. The number of benzene rings is 1. The second-order valence-electron chi connectivity index (χ2n) is 7.67. The van der Waals surface area contributed by atoms with Crippen molar-refractivity contribution in [3.63, 3.8) is 0 Å². The van der Waals surface area contributed by atoms with Crippen molar-refractivity contribution in [3.8, 4) is 0 Å². The molecule has 1 unspecified atom stereocenters. The molecule has 1 aromatic carbocycles. The minimum atomic E-state index is -3.49. The van der Waals surface area contributed by atoms with Gasteiger partial charge in [-0.15, -0.1) is 0 Å². The molecule has 1 aliphatic heterocycles. The van der Waals surface area contributed by atoms with Crippen LogP contribution < -0.4 is 0 Å². The Labute approximate surface area is 159 Å². The zero-order chi connectivity index (χ0) is 19.3. The van der Waals surface area contributed by atoms with E-state index in [-0.39, 0.29) is 6.04 Å². The maximum atomic E-state index is 13.3. The summed E-state index contributed by atoms with van der Waals surface area (Å²) < 4.78 is 28.3. The molecule has 1 aliphatic rings. The summed E-state index contributed by atoms with van der Waals surface area (Å²) in [7, 11) is -3.49. The van der Waals surface area contributed by atoms with Gasteiger partial charge < -0.3 is 0 Å². The lowest BCUT2D eigenvalue weighted by Gasteiger charge is -2.27. The molecule has 0 N–H and O–H groups in total. The van der Waals surface area contributed by atoms with Crippen LogP contribution in [-0.4, -0.2) is 25.3 Å². The van der Waals surface area contributed by atoms with E-state index in [0.717, 1.165) is 36.8 Å². The molecule has 1 heterocycles. The van der Waals surface area contributed by atoms with Crippen molar-refractivity contribution in [1.29, 1.82) is 0 Å². The summed E-state index contributed by atoms with van der Waals surface area (Å²) in [6.07, 6.45) is 6.30. The molecule has 0 aromatic heterocycles. The van der Waals surface area contributed by atoms with Crippen molar-refractivity contribution in [3.05, 3.63) is 53.1 Å². The third kappa shape index (κ3) is 4.86. The number of allylic oxidation sites excluding steroid dienone is 1. The molecule has 0 bridgehead atoms. The van der Waals surface area contributed by atoms with E-state index in [0.29, 0.717) is 11.4 Å². The lowest BCUT2D eigenvalue weighted by Crippen LogP contribution is -2.37. The standard InChI is InChI=1S/C22H33NO2S/c1-6-7-8-9-10-22-21(15-17(2)3)19(5)16-23(22)26(24,25)20-13-11-18(4)12-14-20/h11-14,22H,2,6-10,15-16H2,1,3-5H3. The minimum Gasteiger partial charge on any atom is -0.207 e. The van der Waals surface area contributed by atoms with Crippen LogP contribution in [0.25, 0.3) is 0 Å². The van der Waals surface area contributed by atoms with E-state index in [1.54, 1.807) is 16.4 Å². The first kappa shape index (κ1) is 20.9. The number of aryl methyl sites for hydroxylation is 1. The summed E-state index contributed by atoms with van der Waals surface area (Å²) in [5.74, 6) is 0. The fourth-order valence-electron chi connectivity index (χ4n) is 3.68. The highest BCUT2D eigenvalue weighted by Crippen LogP contribution is 2.36. The van der Waals surface area contributed by atoms with Crippen LogP contribution in [0.2, 0.25) is 0 Å². The van der Waals surface area contributed by atoms with Crippen molar-refractivity contribution in [2.45, 2.75) is 77.2 Å². The normalized spacial score (nSPS) is 18.5. The van der Waals surface area contributed by atoms with Gasteiger partial charge in [-0.25, -0.2) is 8.42 Å². The van der Waals surface area contributed by atoms with Crippen LogP contribution in [0.1, 0.15) is 64.9 Å².